The number of nitrogens with one attached hydrogen (secondary N) is 2. The molecule has 0 spiro atoms. The Labute approximate surface area is 137 Å². The van der Waals surface area contributed by atoms with Crippen LogP contribution in [0.5, 0.6) is 0 Å². The molecule has 23 heavy (non-hydrogen) atoms. The molecule has 6 nitrogen and oxygen atoms in total. The number of benzene rings is 1. The second kappa shape index (κ2) is 6.89. The molecule has 1 aliphatic heterocycles. The molecule has 2 rings (SSSR count). The summed E-state index contributed by atoms with van der Waals surface area (Å²) < 4.78 is 5.39. The Kier molecular flexibility index (Phi) is 5.13. The number of anilines is 1. The summed E-state index contributed by atoms with van der Waals surface area (Å²) in [6, 6.07) is 7.50. The van der Waals surface area contributed by atoms with E-state index < -0.39 is 5.60 Å². The van der Waals surface area contributed by atoms with Crippen LogP contribution in [0.1, 0.15) is 37.6 Å². The number of carbonyl (C=O) groups is 2. The van der Waals surface area contributed by atoms with Crippen LogP contribution in [0.15, 0.2) is 24.3 Å². The Morgan fingerprint density at radius 3 is 2.43 bits per heavy atom. The molecule has 0 saturated carbocycles. The van der Waals surface area contributed by atoms with Gasteiger partial charge in [-0.05, 0) is 51.5 Å². The monoisotopic (exact) mass is 319 g/mol. The minimum absolute atomic E-state index is 0.103. The topological polar surface area (TPSA) is 70.7 Å². The van der Waals surface area contributed by atoms with E-state index in [1.54, 1.807) is 24.1 Å². The molecule has 0 aromatic heterocycles. The van der Waals surface area contributed by atoms with Gasteiger partial charge in [0.2, 0.25) is 0 Å². The smallest absolute Gasteiger partial charge is 0.410 e. The van der Waals surface area contributed by atoms with Crippen LogP contribution in [0.2, 0.25) is 0 Å². The highest BCUT2D eigenvalue weighted by Crippen LogP contribution is 2.19. The summed E-state index contributed by atoms with van der Waals surface area (Å²) in [5.74, 6) is -0.103. The van der Waals surface area contributed by atoms with E-state index in [1.807, 2.05) is 32.9 Å². The Hall–Kier alpha value is -2.24. The molecule has 2 amide bonds. The van der Waals surface area contributed by atoms with Gasteiger partial charge in [0.1, 0.15) is 5.60 Å². The molecule has 1 fully saturated rings. The minimum atomic E-state index is -0.474. The van der Waals surface area contributed by atoms with Crippen LogP contribution < -0.4 is 10.6 Å². The van der Waals surface area contributed by atoms with Crippen LogP contribution in [0.3, 0.4) is 0 Å². The molecule has 1 unspecified atom stereocenters. The average Bonchev–Trinajstić information content (AvgIpc) is 2.94. The fraction of sp³-hybridized carbons (Fsp3) is 0.529. The summed E-state index contributed by atoms with van der Waals surface area (Å²) >= 11 is 0. The molecule has 1 aromatic carbocycles. The lowest BCUT2D eigenvalue weighted by atomic mass is 10.1. The SMILES string of the molecule is CNC(=O)c1ccc(NC2CCN(C(=O)OC(C)(C)C)C2)cc1. The van der Waals surface area contributed by atoms with Gasteiger partial charge in [-0.3, -0.25) is 4.79 Å². The molecule has 0 radical (unpaired) electrons. The summed E-state index contributed by atoms with van der Waals surface area (Å²) in [5.41, 5.74) is 1.09. The molecular formula is C17H25N3O3. The Balaban J connectivity index is 1.88. The molecule has 1 saturated heterocycles. The maximum absolute atomic E-state index is 12.0. The highest BCUT2D eigenvalue weighted by molar-refractivity contribution is 5.94. The van der Waals surface area contributed by atoms with Crippen molar-refractivity contribution in [1.82, 2.24) is 10.2 Å². The van der Waals surface area contributed by atoms with Gasteiger partial charge in [0.05, 0.1) is 0 Å². The van der Waals surface area contributed by atoms with E-state index in [0.29, 0.717) is 18.7 Å². The molecule has 1 aliphatic rings. The van der Waals surface area contributed by atoms with Gasteiger partial charge in [0.15, 0.2) is 0 Å². The van der Waals surface area contributed by atoms with Gasteiger partial charge in [-0.25, -0.2) is 4.79 Å². The Morgan fingerprint density at radius 1 is 1.22 bits per heavy atom. The van der Waals surface area contributed by atoms with Crippen molar-refractivity contribution in [2.75, 3.05) is 25.5 Å². The number of nitrogens with zero attached hydrogens (tertiary/aromatic N) is 1. The van der Waals surface area contributed by atoms with Crippen molar-refractivity contribution in [3.63, 3.8) is 0 Å². The fourth-order valence-corrected chi connectivity index (χ4v) is 2.47. The number of likely N-dealkylation sites (tertiary alicyclic amines) is 1. The van der Waals surface area contributed by atoms with E-state index in [4.69, 9.17) is 4.74 Å². The van der Waals surface area contributed by atoms with Gasteiger partial charge in [-0.1, -0.05) is 0 Å². The first-order chi connectivity index (χ1) is 10.8. The minimum Gasteiger partial charge on any atom is -0.444 e. The number of hydrogen-bond acceptors (Lipinski definition) is 4. The van der Waals surface area contributed by atoms with Gasteiger partial charge in [-0.15, -0.1) is 0 Å². The molecular weight excluding hydrogens is 294 g/mol. The van der Waals surface area contributed by atoms with Crippen molar-refractivity contribution in [2.24, 2.45) is 0 Å². The highest BCUT2D eigenvalue weighted by Gasteiger charge is 2.29. The summed E-state index contributed by atoms with van der Waals surface area (Å²) in [6.45, 7) is 6.90. The molecule has 1 heterocycles. The van der Waals surface area contributed by atoms with E-state index in [1.165, 1.54) is 0 Å². The molecule has 126 valence electrons. The normalized spacial score (nSPS) is 17.7. The third-order valence-corrected chi connectivity index (χ3v) is 3.58. The zero-order valence-electron chi connectivity index (χ0n) is 14.2. The van der Waals surface area contributed by atoms with Gasteiger partial charge in [-0.2, -0.15) is 0 Å². The van der Waals surface area contributed by atoms with Crippen LogP contribution in [0.4, 0.5) is 10.5 Å². The maximum atomic E-state index is 12.0. The van der Waals surface area contributed by atoms with E-state index >= 15 is 0 Å². The third-order valence-electron chi connectivity index (χ3n) is 3.58. The van der Waals surface area contributed by atoms with Crippen molar-refractivity contribution in [3.05, 3.63) is 29.8 Å². The largest absolute Gasteiger partial charge is 0.444 e. The summed E-state index contributed by atoms with van der Waals surface area (Å²) in [7, 11) is 1.61. The van der Waals surface area contributed by atoms with Crippen LogP contribution in [0.25, 0.3) is 0 Å². The first-order valence-electron chi connectivity index (χ1n) is 7.85. The van der Waals surface area contributed by atoms with E-state index in [9.17, 15) is 9.59 Å². The van der Waals surface area contributed by atoms with Gasteiger partial charge in [0.25, 0.3) is 5.91 Å². The zero-order valence-corrected chi connectivity index (χ0v) is 14.2. The molecule has 2 N–H and O–H groups in total. The number of ether oxygens (including phenoxy) is 1. The van der Waals surface area contributed by atoms with Crippen LogP contribution >= 0.6 is 0 Å². The second-order valence-electron chi connectivity index (χ2n) is 6.71. The third kappa shape index (κ3) is 4.87. The molecule has 0 bridgehead atoms. The van der Waals surface area contributed by atoms with Gasteiger partial charge in [0, 0.05) is 37.4 Å². The van der Waals surface area contributed by atoms with Crippen molar-refractivity contribution in [2.45, 2.75) is 38.8 Å². The molecule has 0 aliphatic carbocycles. The van der Waals surface area contributed by atoms with Crippen LogP contribution in [-0.2, 0) is 4.74 Å². The summed E-state index contributed by atoms with van der Waals surface area (Å²) in [5, 5.41) is 5.98. The summed E-state index contributed by atoms with van der Waals surface area (Å²) in [4.78, 5) is 25.3. The van der Waals surface area contributed by atoms with Gasteiger partial charge >= 0.3 is 6.09 Å². The first-order valence-corrected chi connectivity index (χ1v) is 7.85. The average molecular weight is 319 g/mol. The van der Waals surface area contributed by atoms with Crippen molar-refractivity contribution in [1.29, 1.82) is 0 Å². The van der Waals surface area contributed by atoms with Crippen molar-refractivity contribution < 1.29 is 14.3 Å². The Morgan fingerprint density at radius 2 is 1.87 bits per heavy atom. The molecule has 1 aromatic rings. The first kappa shape index (κ1) is 17.1. The molecule has 6 heteroatoms. The fourth-order valence-electron chi connectivity index (χ4n) is 2.47. The number of amides is 2. The quantitative estimate of drug-likeness (QED) is 0.898. The summed E-state index contributed by atoms with van der Waals surface area (Å²) in [6.07, 6.45) is 0.605. The number of carbonyl (C=O) groups excluding carboxylic acids is 2. The van der Waals surface area contributed by atoms with Crippen LogP contribution in [0, 0.1) is 0 Å². The lowest BCUT2D eigenvalue weighted by Gasteiger charge is -2.24. The predicted molar refractivity (Wildman–Crippen MR) is 89.7 cm³/mol. The highest BCUT2D eigenvalue weighted by atomic mass is 16.6. The van der Waals surface area contributed by atoms with E-state index in [0.717, 1.165) is 12.1 Å². The molecule has 1 atom stereocenters. The van der Waals surface area contributed by atoms with Crippen molar-refractivity contribution in [3.8, 4) is 0 Å². The lowest BCUT2D eigenvalue weighted by molar-refractivity contribution is 0.0293. The Bertz CT molecular complexity index is 563. The zero-order chi connectivity index (χ0) is 17.0. The number of rotatable bonds is 3. The van der Waals surface area contributed by atoms with Crippen molar-refractivity contribution >= 4 is 17.7 Å². The van der Waals surface area contributed by atoms with E-state index in [-0.39, 0.29) is 18.0 Å². The standard InChI is InChI=1S/C17H25N3O3/c1-17(2,3)23-16(22)20-10-9-14(11-20)19-13-7-5-12(6-8-13)15(21)18-4/h5-8,14,19H,9-11H2,1-4H3,(H,18,21). The van der Waals surface area contributed by atoms with Crippen LogP contribution in [-0.4, -0.2) is 48.7 Å². The second-order valence-corrected chi connectivity index (χ2v) is 6.71. The van der Waals surface area contributed by atoms with Gasteiger partial charge < -0.3 is 20.3 Å². The predicted octanol–water partition coefficient (Wildman–Crippen LogP) is 2.47. The maximum Gasteiger partial charge on any atom is 0.410 e. The lowest BCUT2D eigenvalue weighted by Crippen LogP contribution is -2.36. The van der Waals surface area contributed by atoms with E-state index in [2.05, 4.69) is 10.6 Å². The number of hydrogen-bond donors (Lipinski definition) is 2.